The van der Waals surface area contributed by atoms with Gasteiger partial charge in [0.15, 0.2) is 0 Å². The van der Waals surface area contributed by atoms with Gasteiger partial charge < -0.3 is 15.0 Å². The quantitative estimate of drug-likeness (QED) is 0.734. The van der Waals surface area contributed by atoms with Gasteiger partial charge >= 0.3 is 0 Å². The fourth-order valence-electron chi connectivity index (χ4n) is 1.77. The molecule has 0 aliphatic carbocycles. The summed E-state index contributed by atoms with van der Waals surface area (Å²) in [5, 5.41) is 6.01. The number of nitrogens with zero attached hydrogens (tertiary/aromatic N) is 2. The van der Waals surface area contributed by atoms with E-state index in [-0.39, 0.29) is 5.91 Å². The van der Waals surface area contributed by atoms with Crippen LogP contribution in [0.4, 0.5) is 0 Å². The summed E-state index contributed by atoms with van der Waals surface area (Å²) in [5.41, 5.74) is 1.66. The normalized spacial score (nSPS) is 10.7. The van der Waals surface area contributed by atoms with Gasteiger partial charge in [-0.3, -0.25) is 4.79 Å². The molecule has 0 saturated heterocycles. The Morgan fingerprint density at radius 3 is 3.06 bits per heavy atom. The minimum atomic E-state index is 0.0105. The summed E-state index contributed by atoms with van der Waals surface area (Å²) in [4.78, 5) is 16.0. The predicted molar refractivity (Wildman–Crippen MR) is 70.4 cm³/mol. The maximum atomic E-state index is 11.7. The number of fused-ring (bicyclic) bond motifs is 1. The molecule has 18 heavy (non-hydrogen) atoms. The highest BCUT2D eigenvalue weighted by atomic mass is 16.1. The number of aromatic nitrogens is 2. The Kier molecular flexibility index (Phi) is 4.30. The number of hydrogen-bond acceptors (Lipinski definition) is 3. The molecule has 2 rings (SSSR count). The number of carbonyl (C=O) groups excluding carboxylic acids is 1. The van der Waals surface area contributed by atoms with E-state index in [1.54, 1.807) is 0 Å². The molecule has 2 heterocycles. The predicted octanol–water partition coefficient (Wildman–Crippen LogP) is 0.603. The molecular weight excluding hydrogens is 228 g/mol. The van der Waals surface area contributed by atoms with Crippen LogP contribution in [0.25, 0.3) is 5.65 Å². The molecule has 0 radical (unpaired) electrons. The SMILES string of the molecule is CCNCCNC(=O)Cc1cn2ccccc2n1. The number of pyridine rings is 1. The lowest BCUT2D eigenvalue weighted by Crippen LogP contribution is -2.32. The van der Waals surface area contributed by atoms with Gasteiger partial charge in [0.05, 0.1) is 12.1 Å². The van der Waals surface area contributed by atoms with Crippen LogP contribution in [0.3, 0.4) is 0 Å². The Bertz CT molecular complexity index is 487. The second-order valence-corrected chi connectivity index (χ2v) is 4.08. The maximum Gasteiger partial charge on any atom is 0.226 e. The minimum absolute atomic E-state index is 0.0105. The van der Waals surface area contributed by atoms with Crippen molar-refractivity contribution >= 4 is 11.6 Å². The van der Waals surface area contributed by atoms with Gasteiger partial charge in [-0.1, -0.05) is 13.0 Å². The van der Waals surface area contributed by atoms with Crippen molar-refractivity contribution in [1.82, 2.24) is 20.0 Å². The van der Waals surface area contributed by atoms with E-state index in [2.05, 4.69) is 15.6 Å². The second kappa shape index (κ2) is 6.16. The number of imidazole rings is 1. The third kappa shape index (κ3) is 3.30. The van der Waals surface area contributed by atoms with Crippen molar-refractivity contribution in [3.8, 4) is 0 Å². The summed E-state index contributed by atoms with van der Waals surface area (Å²) in [6, 6.07) is 5.80. The Hall–Kier alpha value is -1.88. The zero-order chi connectivity index (χ0) is 12.8. The summed E-state index contributed by atoms with van der Waals surface area (Å²) < 4.78 is 1.92. The van der Waals surface area contributed by atoms with Crippen molar-refractivity contribution in [1.29, 1.82) is 0 Å². The molecule has 5 nitrogen and oxygen atoms in total. The van der Waals surface area contributed by atoms with Crippen LogP contribution in [0, 0.1) is 0 Å². The molecule has 0 saturated carbocycles. The van der Waals surface area contributed by atoms with Crippen LogP contribution in [0.5, 0.6) is 0 Å². The van der Waals surface area contributed by atoms with Crippen LogP contribution in [-0.2, 0) is 11.2 Å². The van der Waals surface area contributed by atoms with Gasteiger partial charge in [0.1, 0.15) is 5.65 Å². The van der Waals surface area contributed by atoms with E-state index < -0.39 is 0 Å². The number of rotatable bonds is 6. The Morgan fingerprint density at radius 1 is 1.39 bits per heavy atom. The zero-order valence-electron chi connectivity index (χ0n) is 10.5. The first-order chi connectivity index (χ1) is 8.79. The summed E-state index contributed by atoms with van der Waals surface area (Å²) in [5.74, 6) is 0.0105. The highest BCUT2D eigenvalue weighted by Gasteiger charge is 2.06. The molecule has 1 amide bonds. The molecule has 0 fully saturated rings. The lowest BCUT2D eigenvalue weighted by atomic mass is 10.3. The van der Waals surface area contributed by atoms with E-state index in [0.717, 1.165) is 24.4 Å². The summed E-state index contributed by atoms with van der Waals surface area (Å²) in [6.07, 6.45) is 4.14. The number of amides is 1. The number of nitrogens with one attached hydrogen (secondary N) is 2. The van der Waals surface area contributed by atoms with Crippen LogP contribution in [0.2, 0.25) is 0 Å². The Balaban J connectivity index is 1.86. The van der Waals surface area contributed by atoms with E-state index in [1.165, 1.54) is 0 Å². The average Bonchev–Trinajstić information content (AvgIpc) is 2.76. The summed E-state index contributed by atoms with van der Waals surface area (Å²) >= 11 is 0. The van der Waals surface area contributed by atoms with Gasteiger partial charge in [-0.25, -0.2) is 4.98 Å². The fraction of sp³-hybridized carbons (Fsp3) is 0.385. The lowest BCUT2D eigenvalue weighted by Gasteiger charge is -2.03. The first kappa shape index (κ1) is 12.6. The molecule has 0 unspecified atom stereocenters. The number of likely N-dealkylation sites (N-methyl/N-ethyl adjacent to an activating group) is 1. The van der Waals surface area contributed by atoms with E-state index in [0.29, 0.717) is 13.0 Å². The highest BCUT2D eigenvalue weighted by Crippen LogP contribution is 2.04. The molecule has 0 aromatic carbocycles. The maximum absolute atomic E-state index is 11.7. The van der Waals surface area contributed by atoms with E-state index in [4.69, 9.17) is 0 Å². The topological polar surface area (TPSA) is 58.4 Å². The second-order valence-electron chi connectivity index (χ2n) is 4.08. The number of hydrogen-bond donors (Lipinski definition) is 2. The van der Waals surface area contributed by atoms with Crippen molar-refractivity contribution in [2.75, 3.05) is 19.6 Å². The average molecular weight is 246 g/mol. The minimum Gasteiger partial charge on any atom is -0.354 e. The molecule has 5 heteroatoms. The highest BCUT2D eigenvalue weighted by molar-refractivity contribution is 5.78. The van der Waals surface area contributed by atoms with E-state index >= 15 is 0 Å². The first-order valence-electron chi connectivity index (χ1n) is 6.19. The molecule has 0 atom stereocenters. The standard InChI is InChI=1S/C13H18N4O/c1-2-14-6-7-15-13(18)9-11-10-17-8-4-3-5-12(17)16-11/h3-5,8,10,14H,2,6-7,9H2,1H3,(H,15,18). The molecule has 0 spiro atoms. The van der Waals surface area contributed by atoms with Gasteiger partial charge in [-0.15, -0.1) is 0 Å². The third-order valence-corrected chi connectivity index (χ3v) is 2.63. The van der Waals surface area contributed by atoms with Gasteiger partial charge in [0, 0.05) is 25.5 Å². The molecule has 2 aromatic rings. The summed E-state index contributed by atoms with van der Waals surface area (Å²) in [7, 11) is 0. The van der Waals surface area contributed by atoms with Gasteiger partial charge in [0.25, 0.3) is 0 Å². The first-order valence-corrected chi connectivity index (χ1v) is 6.19. The van der Waals surface area contributed by atoms with Crippen molar-refractivity contribution in [3.63, 3.8) is 0 Å². The molecular formula is C13H18N4O. The zero-order valence-corrected chi connectivity index (χ0v) is 10.5. The molecule has 0 bridgehead atoms. The third-order valence-electron chi connectivity index (χ3n) is 2.63. The smallest absolute Gasteiger partial charge is 0.226 e. The molecule has 2 aromatic heterocycles. The largest absolute Gasteiger partial charge is 0.354 e. The van der Waals surface area contributed by atoms with Crippen LogP contribution in [-0.4, -0.2) is 34.9 Å². The van der Waals surface area contributed by atoms with E-state index in [1.807, 2.05) is 41.9 Å². The van der Waals surface area contributed by atoms with Crippen LogP contribution >= 0.6 is 0 Å². The lowest BCUT2D eigenvalue weighted by molar-refractivity contribution is -0.120. The monoisotopic (exact) mass is 246 g/mol. The molecule has 0 aliphatic rings. The van der Waals surface area contributed by atoms with Crippen LogP contribution < -0.4 is 10.6 Å². The van der Waals surface area contributed by atoms with E-state index in [9.17, 15) is 4.79 Å². The van der Waals surface area contributed by atoms with Gasteiger partial charge in [0.2, 0.25) is 5.91 Å². The van der Waals surface area contributed by atoms with Gasteiger partial charge in [-0.05, 0) is 18.7 Å². The number of carbonyl (C=O) groups is 1. The molecule has 96 valence electrons. The summed E-state index contributed by atoms with van der Waals surface area (Å²) in [6.45, 7) is 4.41. The van der Waals surface area contributed by atoms with Crippen molar-refractivity contribution in [3.05, 3.63) is 36.3 Å². The fourth-order valence-corrected chi connectivity index (χ4v) is 1.77. The van der Waals surface area contributed by atoms with Crippen molar-refractivity contribution < 1.29 is 4.79 Å². The van der Waals surface area contributed by atoms with Gasteiger partial charge in [-0.2, -0.15) is 0 Å². The van der Waals surface area contributed by atoms with Crippen LogP contribution in [0.1, 0.15) is 12.6 Å². The molecule has 0 aliphatic heterocycles. The molecule has 2 N–H and O–H groups in total. The van der Waals surface area contributed by atoms with Crippen molar-refractivity contribution in [2.24, 2.45) is 0 Å². The van der Waals surface area contributed by atoms with Crippen molar-refractivity contribution in [2.45, 2.75) is 13.3 Å². The van der Waals surface area contributed by atoms with Crippen LogP contribution in [0.15, 0.2) is 30.6 Å². The Morgan fingerprint density at radius 2 is 2.28 bits per heavy atom. The Labute approximate surface area is 106 Å².